The summed E-state index contributed by atoms with van der Waals surface area (Å²) in [6, 6.07) is 11.6. The third kappa shape index (κ3) is 4.89. The smallest absolute Gasteiger partial charge is 0.339 e. The average molecular weight is 334 g/mol. The Bertz CT molecular complexity index is 705. The van der Waals surface area contributed by atoms with E-state index < -0.39 is 6.03 Å². The summed E-state index contributed by atoms with van der Waals surface area (Å²) in [5.41, 5.74) is 3.58. The van der Waals surface area contributed by atoms with Gasteiger partial charge in [-0.05, 0) is 36.8 Å². The highest BCUT2D eigenvalue weighted by Gasteiger charge is 2.08. The van der Waals surface area contributed by atoms with Gasteiger partial charge in [-0.15, -0.1) is 0 Å². The minimum atomic E-state index is -0.470. The molecule has 0 heterocycles. The zero-order chi connectivity index (χ0) is 16.7. The fourth-order valence-corrected chi connectivity index (χ4v) is 2.00. The third-order valence-corrected chi connectivity index (χ3v) is 3.05. The van der Waals surface area contributed by atoms with Gasteiger partial charge in [0.2, 0.25) is 0 Å². The number of hydrogen-bond donors (Lipinski definition) is 3. The summed E-state index contributed by atoms with van der Waals surface area (Å²) >= 11 is 5.91. The molecule has 0 saturated carbocycles. The molecule has 2 aromatic carbocycles. The highest BCUT2D eigenvalue weighted by molar-refractivity contribution is 6.32. The van der Waals surface area contributed by atoms with Gasteiger partial charge in [-0.2, -0.15) is 5.10 Å². The Morgan fingerprint density at radius 1 is 1.35 bits per heavy atom. The van der Waals surface area contributed by atoms with Gasteiger partial charge in [-0.1, -0.05) is 29.8 Å². The first-order valence-corrected chi connectivity index (χ1v) is 7.28. The summed E-state index contributed by atoms with van der Waals surface area (Å²) in [7, 11) is 0. The van der Waals surface area contributed by atoms with Crippen LogP contribution >= 0.6 is 11.6 Å². The lowest BCUT2D eigenvalue weighted by atomic mass is 10.2. The number of aromatic hydroxyl groups is 1. The molecule has 2 aromatic rings. The van der Waals surface area contributed by atoms with Crippen molar-refractivity contribution in [2.45, 2.75) is 6.92 Å². The Balaban J connectivity index is 1.99. The van der Waals surface area contributed by atoms with Gasteiger partial charge in [0.15, 0.2) is 11.5 Å². The molecule has 2 rings (SSSR count). The van der Waals surface area contributed by atoms with Crippen LogP contribution < -0.4 is 15.5 Å². The first kappa shape index (κ1) is 16.6. The van der Waals surface area contributed by atoms with Crippen LogP contribution in [0.15, 0.2) is 47.6 Å². The summed E-state index contributed by atoms with van der Waals surface area (Å²) in [5.74, 6) is 0.135. The molecule has 6 nitrogen and oxygen atoms in total. The number of rotatable bonds is 5. The molecule has 0 aliphatic carbocycles. The van der Waals surface area contributed by atoms with E-state index in [-0.39, 0.29) is 16.5 Å². The van der Waals surface area contributed by atoms with Crippen LogP contribution in [0.1, 0.15) is 12.5 Å². The molecule has 7 heteroatoms. The predicted molar refractivity (Wildman–Crippen MR) is 90.5 cm³/mol. The lowest BCUT2D eigenvalue weighted by Gasteiger charge is -2.08. The highest BCUT2D eigenvalue weighted by Crippen LogP contribution is 2.34. The molecule has 0 fully saturated rings. The van der Waals surface area contributed by atoms with E-state index in [4.69, 9.17) is 16.3 Å². The molecule has 0 radical (unpaired) electrons. The number of hydrazone groups is 1. The molecule has 3 N–H and O–H groups in total. The second-order valence-electron chi connectivity index (χ2n) is 4.47. The zero-order valence-electron chi connectivity index (χ0n) is 12.4. The number of carbonyl (C=O) groups is 1. The van der Waals surface area contributed by atoms with E-state index in [1.807, 2.05) is 18.2 Å². The van der Waals surface area contributed by atoms with E-state index in [9.17, 15) is 9.90 Å². The number of nitrogens with zero attached hydrogens (tertiary/aromatic N) is 1. The summed E-state index contributed by atoms with van der Waals surface area (Å²) in [6.07, 6.45) is 1.40. The minimum Gasteiger partial charge on any atom is -0.503 e. The SMILES string of the molecule is CCOc1cc(/C=N/NC(=O)Nc2ccccc2)cc(Cl)c1O. The van der Waals surface area contributed by atoms with Gasteiger partial charge >= 0.3 is 6.03 Å². The fraction of sp³-hybridized carbons (Fsp3) is 0.125. The number of phenols is 1. The van der Waals surface area contributed by atoms with E-state index >= 15 is 0 Å². The molecule has 120 valence electrons. The standard InChI is InChI=1S/C16H16ClN3O3/c1-2-23-14-9-11(8-13(17)15(14)21)10-18-20-16(22)19-12-6-4-3-5-7-12/h3-10,21H,2H2,1H3,(H2,19,20,22)/b18-10+. The zero-order valence-corrected chi connectivity index (χ0v) is 13.2. The maximum absolute atomic E-state index is 11.7. The average Bonchev–Trinajstić information content (AvgIpc) is 2.53. The summed E-state index contributed by atoms with van der Waals surface area (Å²) in [6.45, 7) is 2.19. The van der Waals surface area contributed by atoms with Crippen molar-refractivity contribution < 1.29 is 14.6 Å². The molecule has 0 aromatic heterocycles. The predicted octanol–water partition coefficient (Wildman–Crippen LogP) is 3.60. The van der Waals surface area contributed by atoms with Crippen LogP contribution in [0.5, 0.6) is 11.5 Å². The largest absolute Gasteiger partial charge is 0.503 e. The summed E-state index contributed by atoms with van der Waals surface area (Å²) in [5, 5.41) is 16.3. The Morgan fingerprint density at radius 3 is 2.78 bits per heavy atom. The van der Waals surface area contributed by atoms with Crippen molar-refractivity contribution in [2.24, 2.45) is 5.10 Å². The summed E-state index contributed by atoms with van der Waals surface area (Å²) in [4.78, 5) is 11.7. The molecule has 2 amide bonds. The molecule has 0 bridgehead atoms. The Kier molecular flexibility index (Phi) is 5.82. The third-order valence-electron chi connectivity index (χ3n) is 2.76. The first-order chi connectivity index (χ1) is 11.1. The molecule has 23 heavy (non-hydrogen) atoms. The molecular formula is C16H16ClN3O3. The minimum absolute atomic E-state index is 0.125. The van der Waals surface area contributed by atoms with Crippen molar-refractivity contribution in [3.05, 3.63) is 53.1 Å². The number of benzene rings is 2. The topological polar surface area (TPSA) is 83.0 Å². The maximum Gasteiger partial charge on any atom is 0.339 e. The Labute approximate surface area is 138 Å². The number of nitrogens with one attached hydrogen (secondary N) is 2. The molecule has 0 aliphatic heterocycles. The van der Waals surface area contributed by atoms with Crippen LogP contribution in [0.2, 0.25) is 5.02 Å². The number of urea groups is 1. The molecule has 0 unspecified atom stereocenters. The number of phenolic OH excluding ortho intramolecular Hbond substituents is 1. The second kappa shape index (κ2) is 8.05. The van der Waals surface area contributed by atoms with Crippen LogP contribution in [-0.4, -0.2) is 24.0 Å². The van der Waals surface area contributed by atoms with Crippen LogP contribution in [0.3, 0.4) is 0 Å². The number of para-hydroxylation sites is 1. The normalized spacial score (nSPS) is 10.5. The molecule has 0 saturated heterocycles. The maximum atomic E-state index is 11.7. The van der Waals surface area contributed by atoms with E-state index in [1.165, 1.54) is 12.3 Å². The van der Waals surface area contributed by atoms with Gasteiger partial charge in [0.25, 0.3) is 0 Å². The number of amides is 2. The van der Waals surface area contributed by atoms with Gasteiger partial charge in [0, 0.05) is 5.69 Å². The van der Waals surface area contributed by atoms with E-state index in [0.29, 0.717) is 17.9 Å². The highest BCUT2D eigenvalue weighted by atomic mass is 35.5. The van der Waals surface area contributed by atoms with Gasteiger partial charge in [-0.25, -0.2) is 10.2 Å². The lowest BCUT2D eigenvalue weighted by Crippen LogP contribution is -2.24. The lowest BCUT2D eigenvalue weighted by molar-refractivity contribution is 0.252. The van der Waals surface area contributed by atoms with Crippen LogP contribution in [0, 0.1) is 0 Å². The van der Waals surface area contributed by atoms with Gasteiger partial charge in [-0.3, -0.25) is 0 Å². The quantitative estimate of drug-likeness (QED) is 0.577. The molecule has 0 spiro atoms. The van der Waals surface area contributed by atoms with Crippen molar-refractivity contribution >= 4 is 29.5 Å². The van der Waals surface area contributed by atoms with Gasteiger partial charge < -0.3 is 15.2 Å². The van der Waals surface area contributed by atoms with Crippen molar-refractivity contribution in [1.82, 2.24) is 5.43 Å². The monoisotopic (exact) mass is 333 g/mol. The van der Waals surface area contributed by atoms with Crippen molar-refractivity contribution in [3.8, 4) is 11.5 Å². The number of ether oxygens (including phenoxy) is 1. The number of hydrogen-bond acceptors (Lipinski definition) is 4. The second-order valence-corrected chi connectivity index (χ2v) is 4.88. The van der Waals surface area contributed by atoms with Crippen LogP contribution in [-0.2, 0) is 0 Å². The Hall–Kier alpha value is -2.73. The van der Waals surface area contributed by atoms with Crippen LogP contribution in [0.4, 0.5) is 10.5 Å². The first-order valence-electron chi connectivity index (χ1n) is 6.90. The molecule has 0 atom stereocenters. The van der Waals surface area contributed by atoms with E-state index in [2.05, 4.69) is 15.8 Å². The van der Waals surface area contributed by atoms with Crippen molar-refractivity contribution in [2.75, 3.05) is 11.9 Å². The van der Waals surface area contributed by atoms with E-state index in [1.54, 1.807) is 25.1 Å². The Morgan fingerprint density at radius 2 is 2.09 bits per heavy atom. The van der Waals surface area contributed by atoms with Crippen LogP contribution in [0.25, 0.3) is 0 Å². The summed E-state index contributed by atoms with van der Waals surface area (Å²) < 4.78 is 5.27. The number of carbonyl (C=O) groups excluding carboxylic acids is 1. The molecule has 0 aliphatic rings. The fourth-order valence-electron chi connectivity index (χ4n) is 1.78. The number of halogens is 1. The molecular weight excluding hydrogens is 318 g/mol. The van der Waals surface area contributed by atoms with E-state index in [0.717, 1.165) is 0 Å². The van der Waals surface area contributed by atoms with Crippen molar-refractivity contribution in [1.29, 1.82) is 0 Å². The van der Waals surface area contributed by atoms with Crippen molar-refractivity contribution in [3.63, 3.8) is 0 Å². The number of anilines is 1. The van der Waals surface area contributed by atoms with Gasteiger partial charge in [0.1, 0.15) is 0 Å². The van der Waals surface area contributed by atoms with Gasteiger partial charge in [0.05, 0.1) is 17.8 Å².